The Morgan fingerprint density at radius 3 is 2.22 bits per heavy atom. The maximum atomic E-state index is 12.9. The number of carbonyl (C=O) groups excluding carboxylic acids is 3. The van der Waals surface area contributed by atoms with E-state index < -0.39 is 0 Å². The number of anilines is 1. The second kappa shape index (κ2) is 10.7. The lowest BCUT2D eigenvalue weighted by atomic mass is 10.2. The van der Waals surface area contributed by atoms with E-state index in [0.717, 1.165) is 0 Å². The molecule has 0 spiro atoms. The van der Waals surface area contributed by atoms with E-state index in [9.17, 15) is 14.4 Å². The summed E-state index contributed by atoms with van der Waals surface area (Å²) in [6, 6.07) is 13.6. The minimum Gasteiger partial charge on any atom is -0.484 e. The van der Waals surface area contributed by atoms with E-state index in [-0.39, 0.29) is 50.0 Å². The Morgan fingerprint density at radius 2 is 1.62 bits per heavy atom. The van der Waals surface area contributed by atoms with Crippen LogP contribution in [-0.2, 0) is 14.4 Å². The molecule has 0 radical (unpaired) electrons. The SMILES string of the molecule is CC(C)CN(CC(=O)N1CC(=O)N(c2ccc(Cl)cc2)C1)C(=O)COc1ccc(Cl)cc1. The molecule has 0 unspecified atom stereocenters. The van der Waals surface area contributed by atoms with Gasteiger partial charge >= 0.3 is 0 Å². The second-order valence-corrected chi connectivity index (χ2v) is 8.81. The Kier molecular flexibility index (Phi) is 7.99. The molecule has 1 fully saturated rings. The van der Waals surface area contributed by atoms with Crippen LogP contribution in [0.25, 0.3) is 0 Å². The number of amides is 3. The Bertz CT molecular complexity index is 964. The Morgan fingerprint density at radius 1 is 1.03 bits per heavy atom. The fourth-order valence-electron chi connectivity index (χ4n) is 3.29. The number of hydrogen-bond donors (Lipinski definition) is 0. The predicted octanol–water partition coefficient (Wildman–Crippen LogP) is 3.69. The number of ether oxygens (including phenoxy) is 1. The lowest BCUT2D eigenvalue weighted by Crippen LogP contribution is -2.45. The minimum atomic E-state index is -0.304. The summed E-state index contributed by atoms with van der Waals surface area (Å²) in [6.07, 6.45) is 0. The van der Waals surface area contributed by atoms with Crippen molar-refractivity contribution in [2.24, 2.45) is 5.92 Å². The van der Waals surface area contributed by atoms with Crippen LogP contribution < -0.4 is 9.64 Å². The van der Waals surface area contributed by atoms with Gasteiger partial charge in [0.2, 0.25) is 11.8 Å². The van der Waals surface area contributed by atoms with Crippen LogP contribution in [0.15, 0.2) is 48.5 Å². The highest BCUT2D eigenvalue weighted by atomic mass is 35.5. The highest BCUT2D eigenvalue weighted by Gasteiger charge is 2.33. The van der Waals surface area contributed by atoms with Gasteiger partial charge < -0.3 is 14.5 Å². The highest BCUT2D eigenvalue weighted by Crippen LogP contribution is 2.22. The monoisotopic (exact) mass is 477 g/mol. The number of nitrogens with zero attached hydrogens (tertiary/aromatic N) is 3. The molecule has 3 amide bonds. The lowest BCUT2D eigenvalue weighted by Gasteiger charge is -2.26. The van der Waals surface area contributed by atoms with Gasteiger partial charge in [-0.3, -0.25) is 19.3 Å². The van der Waals surface area contributed by atoms with Gasteiger partial charge in [0.1, 0.15) is 19.0 Å². The lowest BCUT2D eigenvalue weighted by molar-refractivity contribution is -0.141. The molecule has 7 nitrogen and oxygen atoms in total. The van der Waals surface area contributed by atoms with Gasteiger partial charge in [-0.25, -0.2) is 0 Å². The maximum absolute atomic E-state index is 12.9. The standard InChI is InChI=1S/C23H25Cl2N3O4/c1-16(2)11-26(23(31)14-32-20-9-5-18(25)6-10-20)12-21(29)27-13-22(30)28(15-27)19-7-3-17(24)4-8-19/h3-10,16H,11-15H2,1-2H3. The molecular formula is C23H25Cl2N3O4. The molecule has 1 aliphatic heterocycles. The average molecular weight is 478 g/mol. The molecule has 0 saturated carbocycles. The quantitative estimate of drug-likeness (QED) is 0.581. The van der Waals surface area contributed by atoms with E-state index >= 15 is 0 Å². The van der Waals surface area contributed by atoms with Crippen molar-refractivity contribution in [1.29, 1.82) is 0 Å². The first-order chi connectivity index (χ1) is 15.2. The summed E-state index contributed by atoms with van der Waals surface area (Å²) in [4.78, 5) is 42.5. The van der Waals surface area contributed by atoms with Crippen LogP contribution in [0.4, 0.5) is 5.69 Å². The van der Waals surface area contributed by atoms with Crippen molar-refractivity contribution >= 4 is 46.6 Å². The highest BCUT2D eigenvalue weighted by molar-refractivity contribution is 6.30. The van der Waals surface area contributed by atoms with Crippen LogP contribution in [0.2, 0.25) is 10.0 Å². The van der Waals surface area contributed by atoms with E-state index in [4.69, 9.17) is 27.9 Å². The third kappa shape index (κ3) is 6.37. The summed E-state index contributed by atoms with van der Waals surface area (Å²) in [5, 5.41) is 1.14. The van der Waals surface area contributed by atoms with Gasteiger partial charge in [0.25, 0.3) is 5.91 Å². The molecule has 3 rings (SSSR count). The number of rotatable bonds is 8. The van der Waals surface area contributed by atoms with Gasteiger partial charge in [0.15, 0.2) is 6.61 Å². The number of benzene rings is 2. The molecule has 1 aliphatic rings. The van der Waals surface area contributed by atoms with Gasteiger partial charge in [-0.1, -0.05) is 37.0 Å². The summed E-state index contributed by atoms with van der Waals surface area (Å²) in [7, 11) is 0. The van der Waals surface area contributed by atoms with Crippen molar-refractivity contribution in [2.75, 3.05) is 37.8 Å². The molecule has 1 saturated heterocycles. The second-order valence-electron chi connectivity index (χ2n) is 7.94. The van der Waals surface area contributed by atoms with Crippen molar-refractivity contribution < 1.29 is 19.1 Å². The first-order valence-corrected chi connectivity index (χ1v) is 11.0. The average Bonchev–Trinajstić information content (AvgIpc) is 3.14. The van der Waals surface area contributed by atoms with Crippen LogP contribution >= 0.6 is 23.2 Å². The summed E-state index contributed by atoms with van der Waals surface area (Å²) >= 11 is 11.8. The van der Waals surface area contributed by atoms with Gasteiger partial charge in [-0.05, 0) is 54.4 Å². The van der Waals surface area contributed by atoms with Crippen molar-refractivity contribution in [3.63, 3.8) is 0 Å². The normalized spacial score (nSPS) is 13.6. The molecule has 9 heteroatoms. The topological polar surface area (TPSA) is 70.2 Å². The van der Waals surface area contributed by atoms with E-state index in [2.05, 4.69) is 0 Å². The number of halogens is 2. The van der Waals surface area contributed by atoms with E-state index in [1.807, 2.05) is 13.8 Å². The van der Waals surface area contributed by atoms with Crippen molar-refractivity contribution in [3.8, 4) is 5.75 Å². The Balaban J connectivity index is 1.61. The molecule has 2 aromatic rings. The Labute approximate surface area is 197 Å². The van der Waals surface area contributed by atoms with Crippen molar-refractivity contribution in [3.05, 3.63) is 58.6 Å². The summed E-state index contributed by atoms with van der Waals surface area (Å²) in [5.41, 5.74) is 0.668. The molecule has 2 aromatic carbocycles. The van der Waals surface area contributed by atoms with Crippen LogP contribution in [-0.4, -0.2) is 60.4 Å². The van der Waals surface area contributed by atoms with Crippen molar-refractivity contribution in [2.45, 2.75) is 13.8 Å². The molecule has 170 valence electrons. The molecule has 0 bridgehead atoms. The van der Waals surface area contributed by atoms with Crippen LogP contribution in [0.3, 0.4) is 0 Å². The summed E-state index contributed by atoms with van der Waals surface area (Å²) < 4.78 is 5.55. The van der Waals surface area contributed by atoms with E-state index in [0.29, 0.717) is 28.0 Å². The predicted molar refractivity (Wildman–Crippen MR) is 124 cm³/mol. The van der Waals surface area contributed by atoms with Gasteiger partial charge in [-0.15, -0.1) is 0 Å². The number of carbonyl (C=O) groups is 3. The van der Waals surface area contributed by atoms with E-state index in [1.54, 1.807) is 48.5 Å². The Hall–Kier alpha value is -2.77. The zero-order valence-corrected chi connectivity index (χ0v) is 19.5. The van der Waals surface area contributed by atoms with Crippen LogP contribution in [0.1, 0.15) is 13.8 Å². The molecule has 32 heavy (non-hydrogen) atoms. The van der Waals surface area contributed by atoms with Gasteiger partial charge in [0, 0.05) is 22.3 Å². The zero-order valence-electron chi connectivity index (χ0n) is 18.0. The largest absolute Gasteiger partial charge is 0.484 e. The maximum Gasteiger partial charge on any atom is 0.260 e. The zero-order chi connectivity index (χ0) is 23.3. The van der Waals surface area contributed by atoms with Crippen molar-refractivity contribution in [1.82, 2.24) is 9.80 Å². The summed E-state index contributed by atoms with van der Waals surface area (Å²) in [5.74, 6) is -0.110. The first-order valence-electron chi connectivity index (χ1n) is 10.2. The first kappa shape index (κ1) is 23.9. The molecule has 0 N–H and O–H groups in total. The third-order valence-electron chi connectivity index (χ3n) is 4.87. The van der Waals surface area contributed by atoms with E-state index in [1.165, 1.54) is 14.7 Å². The third-order valence-corrected chi connectivity index (χ3v) is 5.37. The number of hydrogen-bond acceptors (Lipinski definition) is 4. The smallest absolute Gasteiger partial charge is 0.260 e. The fraction of sp³-hybridized carbons (Fsp3) is 0.348. The molecular weight excluding hydrogens is 453 g/mol. The van der Waals surface area contributed by atoms with Crippen LogP contribution in [0.5, 0.6) is 5.75 Å². The molecule has 1 heterocycles. The molecule has 0 aliphatic carbocycles. The van der Waals surface area contributed by atoms with Gasteiger partial charge in [-0.2, -0.15) is 0 Å². The van der Waals surface area contributed by atoms with Crippen LogP contribution in [0, 0.1) is 5.92 Å². The minimum absolute atomic E-state index is 0.0353. The van der Waals surface area contributed by atoms with Gasteiger partial charge in [0.05, 0.1) is 6.54 Å². The molecule has 0 aromatic heterocycles. The fourth-order valence-corrected chi connectivity index (χ4v) is 3.54. The molecule has 0 atom stereocenters. The summed E-state index contributed by atoms with van der Waals surface area (Å²) in [6.45, 7) is 4.10.